The molecule has 3 rings (SSSR count). The van der Waals surface area contributed by atoms with Gasteiger partial charge in [0.15, 0.2) is 5.69 Å². The predicted octanol–water partition coefficient (Wildman–Crippen LogP) is 3.83. The van der Waals surface area contributed by atoms with Gasteiger partial charge in [-0.2, -0.15) is 4.98 Å². The molecule has 24 heavy (non-hydrogen) atoms. The van der Waals surface area contributed by atoms with Crippen LogP contribution in [-0.2, 0) is 0 Å². The maximum Gasteiger partial charge on any atom is 0.302 e. The second kappa shape index (κ2) is 6.97. The first-order chi connectivity index (χ1) is 11.6. The van der Waals surface area contributed by atoms with Gasteiger partial charge in [0.05, 0.1) is 0 Å². The van der Waals surface area contributed by atoms with Crippen molar-refractivity contribution in [2.45, 2.75) is 0 Å². The van der Waals surface area contributed by atoms with Crippen molar-refractivity contribution in [1.82, 2.24) is 4.98 Å². The number of rotatable bonds is 4. The summed E-state index contributed by atoms with van der Waals surface area (Å²) >= 11 is 5.86. The number of anilines is 2. The highest BCUT2D eigenvalue weighted by molar-refractivity contribution is 6.30. The van der Waals surface area contributed by atoms with Crippen molar-refractivity contribution in [3.63, 3.8) is 0 Å². The predicted molar refractivity (Wildman–Crippen MR) is 90.3 cm³/mol. The van der Waals surface area contributed by atoms with Crippen molar-refractivity contribution in [2.75, 3.05) is 10.6 Å². The van der Waals surface area contributed by atoms with Gasteiger partial charge in [-0.05, 0) is 30.3 Å². The number of amides is 2. The molecule has 0 saturated carbocycles. The van der Waals surface area contributed by atoms with E-state index in [0.29, 0.717) is 16.3 Å². The Labute approximate surface area is 142 Å². The van der Waals surface area contributed by atoms with Crippen molar-refractivity contribution in [1.29, 1.82) is 0 Å². The summed E-state index contributed by atoms with van der Waals surface area (Å²) in [4.78, 5) is 28.1. The zero-order chi connectivity index (χ0) is 16.9. The lowest BCUT2D eigenvalue weighted by Crippen LogP contribution is -2.14. The number of nitrogens with zero attached hydrogens (tertiary/aromatic N) is 1. The Morgan fingerprint density at radius 3 is 2.50 bits per heavy atom. The molecule has 0 saturated heterocycles. The van der Waals surface area contributed by atoms with E-state index in [-0.39, 0.29) is 17.6 Å². The zero-order valence-electron chi connectivity index (χ0n) is 12.3. The molecule has 0 aliphatic carbocycles. The zero-order valence-corrected chi connectivity index (χ0v) is 13.1. The first-order valence-electron chi connectivity index (χ1n) is 7.00. The maximum absolute atomic E-state index is 12.1. The van der Waals surface area contributed by atoms with Crippen molar-refractivity contribution in [2.24, 2.45) is 0 Å². The number of oxazole rings is 1. The van der Waals surface area contributed by atoms with Gasteiger partial charge in [0.1, 0.15) is 6.26 Å². The van der Waals surface area contributed by atoms with Gasteiger partial charge in [-0.1, -0.05) is 35.9 Å². The number of halogens is 1. The molecule has 2 N–H and O–H groups in total. The van der Waals surface area contributed by atoms with E-state index in [4.69, 9.17) is 16.0 Å². The van der Waals surface area contributed by atoms with E-state index < -0.39 is 5.91 Å². The van der Waals surface area contributed by atoms with Crippen LogP contribution in [-0.4, -0.2) is 16.8 Å². The van der Waals surface area contributed by atoms with Crippen LogP contribution in [0, 0.1) is 0 Å². The van der Waals surface area contributed by atoms with E-state index in [2.05, 4.69) is 15.6 Å². The average molecular weight is 342 g/mol. The highest BCUT2D eigenvalue weighted by Gasteiger charge is 2.15. The highest BCUT2D eigenvalue weighted by atomic mass is 35.5. The first-order valence-corrected chi connectivity index (χ1v) is 7.38. The lowest BCUT2D eigenvalue weighted by atomic mass is 10.2. The van der Waals surface area contributed by atoms with E-state index in [1.54, 1.807) is 54.6 Å². The molecule has 0 spiro atoms. The molecule has 0 aliphatic rings. The number of nitrogens with one attached hydrogen (secondary N) is 2. The fourth-order valence-corrected chi connectivity index (χ4v) is 2.15. The third-order valence-corrected chi connectivity index (χ3v) is 3.31. The second-order valence-electron chi connectivity index (χ2n) is 4.82. The molecule has 3 aromatic rings. The monoisotopic (exact) mass is 341 g/mol. The summed E-state index contributed by atoms with van der Waals surface area (Å²) in [5.41, 5.74) is 1.03. The van der Waals surface area contributed by atoms with Gasteiger partial charge in [-0.3, -0.25) is 14.9 Å². The summed E-state index contributed by atoms with van der Waals surface area (Å²) in [6.45, 7) is 0. The number of hydrogen-bond acceptors (Lipinski definition) is 4. The third-order valence-electron chi connectivity index (χ3n) is 3.08. The molecule has 6 nitrogen and oxygen atoms in total. The lowest BCUT2D eigenvalue weighted by molar-refractivity contribution is 0.101. The summed E-state index contributed by atoms with van der Waals surface area (Å²) in [6.07, 6.45) is 1.17. The van der Waals surface area contributed by atoms with Crippen molar-refractivity contribution < 1.29 is 14.0 Å². The summed E-state index contributed by atoms with van der Waals surface area (Å²) in [7, 11) is 0. The summed E-state index contributed by atoms with van der Waals surface area (Å²) in [5, 5.41) is 5.63. The van der Waals surface area contributed by atoms with Gasteiger partial charge in [0.2, 0.25) is 0 Å². The van der Waals surface area contributed by atoms with Crippen LogP contribution in [0.25, 0.3) is 0 Å². The van der Waals surface area contributed by atoms with Gasteiger partial charge in [-0.15, -0.1) is 0 Å². The van der Waals surface area contributed by atoms with Gasteiger partial charge in [-0.25, -0.2) is 0 Å². The van der Waals surface area contributed by atoms with Crippen molar-refractivity contribution in [3.8, 4) is 0 Å². The molecular weight excluding hydrogens is 330 g/mol. The molecule has 2 aromatic carbocycles. The molecule has 0 atom stereocenters. The fourth-order valence-electron chi connectivity index (χ4n) is 1.96. The Kier molecular flexibility index (Phi) is 4.58. The second-order valence-corrected chi connectivity index (χ2v) is 5.26. The lowest BCUT2D eigenvalue weighted by Gasteiger charge is -2.02. The Balaban J connectivity index is 1.67. The van der Waals surface area contributed by atoms with Crippen LogP contribution >= 0.6 is 11.6 Å². The Hall–Kier alpha value is -3.12. The van der Waals surface area contributed by atoms with E-state index in [1.165, 1.54) is 6.26 Å². The van der Waals surface area contributed by atoms with Crippen molar-refractivity contribution in [3.05, 3.63) is 77.1 Å². The molecule has 1 heterocycles. The minimum Gasteiger partial charge on any atom is -0.431 e. The molecule has 1 aromatic heterocycles. The van der Waals surface area contributed by atoms with Gasteiger partial charge in [0.25, 0.3) is 11.8 Å². The smallest absolute Gasteiger partial charge is 0.302 e. The topological polar surface area (TPSA) is 84.2 Å². The van der Waals surface area contributed by atoms with E-state index in [1.807, 2.05) is 0 Å². The van der Waals surface area contributed by atoms with Crippen molar-refractivity contribution >= 4 is 35.1 Å². The third kappa shape index (κ3) is 3.80. The van der Waals surface area contributed by atoms with Crippen LogP contribution in [0.15, 0.2) is 65.3 Å². The van der Waals surface area contributed by atoms with Crippen LogP contribution in [0.2, 0.25) is 5.02 Å². The number of hydrogen-bond donors (Lipinski definition) is 2. The number of aromatic nitrogens is 1. The summed E-state index contributed by atoms with van der Waals surface area (Å²) in [6, 6.07) is 15.3. The average Bonchev–Trinajstić information content (AvgIpc) is 3.04. The summed E-state index contributed by atoms with van der Waals surface area (Å²) in [5.74, 6) is -0.847. The van der Waals surface area contributed by atoms with Crippen LogP contribution in [0.4, 0.5) is 11.7 Å². The van der Waals surface area contributed by atoms with Crippen LogP contribution in [0.1, 0.15) is 20.8 Å². The van der Waals surface area contributed by atoms with E-state index in [0.717, 1.165) is 0 Å². The largest absolute Gasteiger partial charge is 0.431 e. The van der Waals surface area contributed by atoms with Crippen LogP contribution in [0.3, 0.4) is 0 Å². The maximum atomic E-state index is 12.1. The molecule has 2 amide bonds. The number of carbonyl (C=O) groups is 2. The van der Waals surface area contributed by atoms with E-state index in [9.17, 15) is 9.59 Å². The SMILES string of the molecule is O=C(Nc1nc(C(=O)Nc2cccc(Cl)c2)co1)c1ccccc1. The van der Waals surface area contributed by atoms with Gasteiger partial charge in [0, 0.05) is 16.3 Å². The molecule has 7 heteroatoms. The Morgan fingerprint density at radius 1 is 0.958 bits per heavy atom. The molecule has 120 valence electrons. The first kappa shape index (κ1) is 15.8. The normalized spacial score (nSPS) is 10.2. The number of carbonyl (C=O) groups excluding carboxylic acids is 2. The highest BCUT2D eigenvalue weighted by Crippen LogP contribution is 2.16. The molecule has 0 fully saturated rings. The van der Waals surface area contributed by atoms with E-state index >= 15 is 0 Å². The quantitative estimate of drug-likeness (QED) is 0.755. The molecule has 0 aliphatic heterocycles. The van der Waals surface area contributed by atoms with Gasteiger partial charge < -0.3 is 9.73 Å². The molecule has 0 bridgehead atoms. The summed E-state index contributed by atoms with van der Waals surface area (Å²) < 4.78 is 5.11. The van der Waals surface area contributed by atoms with Crippen LogP contribution in [0.5, 0.6) is 0 Å². The Bertz CT molecular complexity index is 878. The number of benzene rings is 2. The minimum absolute atomic E-state index is 0.0401. The van der Waals surface area contributed by atoms with Gasteiger partial charge >= 0.3 is 6.01 Å². The molecular formula is C17H12ClN3O3. The standard InChI is InChI=1S/C17H12ClN3O3/c18-12-7-4-8-13(9-12)19-16(23)14-10-24-17(20-14)21-15(22)11-5-2-1-3-6-11/h1-10H,(H,19,23)(H,20,21,22). The Morgan fingerprint density at radius 2 is 1.75 bits per heavy atom. The van der Waals surface area contributed by atoms with Crippen LogP contribution < -0.4 is 10.6 Å². The fraction of sp³-hybridized carbons (Fsp3) is 0. The molecule has 0 unspecified atom stereocenters. The molecule has 0 radical (unpaired) electrons. The minimum atomic E-state index is -0.471.